The Labute approximate surface area is 75.3 Å². The number of rotatable bonds is 5. The van der Waals surface area contributed by atoms with Crippen molar-refractivity contribution in [2.45, 2.75) is 13.0 Å². The van der Waals surface area contributed by atoms with Gasteiger partial charge in [-0.3, -0.25) is 4.79 Å². The lowest BCUT2D eigenvalue weighted by atomic mass is 10.4. The van der Waals surface area contributed by atoms with Crippen molar-refractivity contribution >= 4 is 5.91 Å². The molecule has 1 heterocycles. The molecular weight excluding hydrogens is 172 g/mol. The molecular formula is C6H12N6O. The smallest absolute Gasteiger partial charge is 0.218 e. The van der Waals surface area contributed by atoms with Crippen molar-refractivity contribution < 1.29 is 4.79 Å². The number of hydrogen-bond donors (Lipinski definition) is 2. The standard InChI is InChI=1S/C6H12N6O/c1-12-10-6(9-11-12)4-8-3-2-5(7)13/h8H,2-4H2,1H3,(H2,7,13). The number of hydrogen-bond acceptors (Lipinski definition) is 5. The molecule has 1 amide bonds. The van der Waals surface area contributed by atoms with E-state index in [1.165, 1.54) is 4.80 Å². The Hall–Kier alpha value is -1.50. The molecule has 0 fully saturated rings. The van der Waals surface area contributed by atoms with Crippen LogP contribution in [0.5, 0.6) is 0 Å². The molecule has 72 valence electrons. The largest absolute Gasteiger partial charge is 0.370 e. The molecule has 0 aliphatic heterocycles. The van der Waals surface area contributed by atoms with E-state index in [2.05, 4.69) is 20.7 Å². The third-order valence-corrected chi connectivity index (χ3v) is 1.38. The Bertz CT molecular complexity index is 282. The fraction of sp³-hybridized carbons (Fsp3) is 0.667. The first-order valence-corrected chi connectivity index (χ1v) is 3.90. The van der Waals surface area contributed by atoms with E-state index in [1.54, 1.807) is 7.05 Å². The Morgan fingerprint density at radius 1 is 1.69 bits per heavy atom. The fourth-order valence-corrected chi connectivity index (χ4v) is 0.806. The number of carbonyl (C=O) groups is 1. The number of nitrogens with two attached hydrogens (primary N) is 1. The lowest BCUT2D eigenvalue weighted by Gasteiger charge is -1.97. The van der Waals surface area contributed by atoms with Gasteiger partial charge in [-0.05, 0) is 5.21 Å². The van der Waals surface area contributed by atoms with Crippen molar-refractivity contribution in [3.63, 3.8) is 0 Å². The van der Waals surface area contributed by atoms with Gasteiger partial charge in [-0.1, -0.05) is 0 Å². The zero-order valence-corrected chi connectivity index (χ0v) is 7.40. The summed E-state index contributed by atoms with van der Waals surface area (Å²) in [6.45, 7) is 1.04. The minimum atomic E-state index is -0.320. The molecule has 0 spiro atoms. The Morgan fingerprint density at radius 2 is 2.46 bits per heavy atom. The highest BCUT2D eigenvalue weighted by Gasteiger charge is 1.99. The van der Waals surface area contributed by atoms with Crippen molar-refractivity contribution in [2.75, 3.05) is 6.54 Å². The molecule has 0 saturated heterocycles. The number of carbonyl (C=O) groups excluding carboxylic acids is 1. The van der Waals surface area contributed by atoms with E-state index in [9.17, 15) is 4.79 Å². The summed E-state index contributed by atoms with van der Waals surface area (Å²) in [5, 5.41) is 14.3. The molecule has 0 unspecified atom stereocenters. The van der Waals surface area contributed by atoms with Crippen molar-refractivity contribution in [1.82, 2.24) is 25.5 Å². The Kier molecular flexibility index (Phi) is 3.32. The molecule has 3 N–H and O–H groups in total. The molecule has 0 aliphatic rings. The summed E-state index contributed by atoms with van der Waals surface area (Å²) in [6, 6.07) is 0. The van der Waals surface area contributed by atoms with Crippen molar-refractivity contribution in [2.24, 2.45) is 12.8 Å². The predicted molar refractivity (Wildman–Crippen MR) is 44.3 cm³/mol. The van der Waals surface area contributed by atoms with Crippen LogP contribution < -0.4 is 11.1 Å². The van der Waals surface area contributed by atoms with Gasteiger partial charge in [0.2, 0.25) is 5.91 Å². The fourth-order valence-electron chi connectivity index (χ4n) is 0.806. The molecule has 0 radical (unpaired) electrons. The molecule has 7 heteroatoms. The maximum absolute atomic E-state index is 10.3. The molecule has 1 aromatic rings. The monoisotopic (exact) mass is 184 g/mol. The van der Waals surface area contributed by atoms with Crippen LogP contribution in [0.15, 0.2) is 0 Å². The van der Waals surface area contributed by atoms with Crippen molar-refractivity contribution in [3.05, 3.63) is 5.82 Å². The average Bonchev–Trinajstić information content (AvgIpc) is 2.45. The van der Waals surface area contributed by atoms with Crippen LogP contribution in [0.1, 0.15) is 12.2 Å². The second-order valence-electron chi connectivity index (χ2n) is 2.59. The molecule has 1 aromatic heterocycles. The SMILES string of the molecule is Cn1nnc(CNCCC(N)=O)n1. The molecule has 7 nitrogen and oxygen atoms in total. The maximum atomic E-state index is 10.3. The third-order valence-electron chi connectivity index (χ3n) is 1.38. The number of tetrazole rings is 1. The van der Waals surface area contributed by atoms with E-state index in [1.807, 2.05) is 0 Å². The van der Waals surface area contributed by atoms with E-state index in [-0.39, 0.29) is 5.91 Å². The molecule has 1 rings (SSSR count). The zero-order valence-electron chi connectivity index (χ0n) is 7.40. The summed E-state index contributed by atoms with van der Waals surface area (Å²) in [4.78, 5) is 11.7. The highest BCUT2D eigenvalue weighted by molar-refractivity contribution is 5.73. The van der Waals surface area contributed by atoms with Gasteiger partial charge in [0, 0.05) is 13.0 Å². The van der Waals surface area contributed by atoms with Crippen LogP contribution in [0.2, 0.25) is 0 Å². The third kappa shape index (κ3) is 3.61. The molecule has 0 bridgehead atoms. The second-order valence-corrected chi connectivity index (χ2v) is 2.59. The summed E-state index contributed by atoms with van der Waals surface area (Å²) in [6.07, 6.45) is 0.320. The zero-order chi connectivity index (χ0) is 9.68. The molecule has 13 heavy (non-hydrogen) atoms. The number of aromatic nitrogens is 4. The molecule has 0 aliphatic carbocycles. The minimum absolute atomic E-state index is 0.320. The number of aryl methyl sites for hydroxylation is 1. The van der Waals surface area contributed by atoms with E-state index in [0.717, 1.165) is 0 Å². The van der Waals surface area contributed by atoms with Gasteiger partial charge < -0.3 is 11.1 Å². The lowest BCUT2D eigenvalue weighted by molar-refractivity contribution is -0.117. The highest BCUT2D eigenvalue weighted by Crippen LogP contribution is 1.83. The Balaban J connectivity index is 2.16. The average molecular weight is 184 g/mol. The van der Waals surface area contributed by atoms with Crippen LogP contribution >= 0.6 is 0 Å². The molecule has 0 aromatic carbocycles. The van der Waals surface area contributed by atoms with Crippen LogP contribution in [0.25, 0.3) is 0 Å². The maximum Gasteiger partial charge on any atom is 0.218 e. The summed E-state index contributed by atoms with van der Waals surface area (Å²) < 4.78 is 0. The van der Waals surface area contributed by atoms with E-state index in [4.69, 9.17) is 5.73 Å². The topological polar surface area (TPSA) is 98.7 Å². The van der Waals surface area contributed by atoms with Gasteiger partial charge in [-0.25, -0.2) is 0 Å². The first-order chi connectivity index (χ1) is 6.18. The summed E-state index contributed by atoms with van der Waals surface area (Å²) in [5.41, 5.74) is 4.95. The first-order valence-electron chi connectivity index (χ1n) is 3.90. The van der Waals surface area contributed by atoms with Crippen LogP contribution in [-0.4, -0.2) is 32.7 Å². The lowest BCUT2D eigenvalue weighted by Crippen LogP contribution is -2.22. The minimum Gasteiger partial charge on any atom is -0.370 e. The van der Waals surface area contributed by atoms with Crippen LogP contribution in [0, 0.1) is 0 Å². The van der Waals surface area contributed by atoms with E-state index < -0.39 is 0 Å². The summed E-state index contributed by atoms with van der Waals surface area (Å²) >= 11 is 0. The van der Waals surface area contributed by atoms with Gasteiger partial charge in [0.1, 0.15) is 0 Å². The normalized spacial score (nSPS) is 10.2. The number of primary amides is 1. The Morgan fingerprint density at radius 3 is 3.00 bits per heavy atom. The van der Waals surface area contributed by atoms with E-state index >= 15 is 0 Å². The number of nitrogens with one attached hydrogen (secondary N) is 1. The summed E-state index contributed by atoms with van der Waals surface area (Å²) in [7, 11) is 1.69. The molecule has 0 saturated carbocycles. The highest BCUT2D eigenvalue weighted by atomic mass is 16.1. The van der Waals surface area contributed by atoms with Gasteiger partial charge in [0.25, 0.3) is 0 Å². The van der Waals surface area contributed by atoms with Crippen LogP contribution in [0.3, 0.4) is 0 Å². The number of amides is 1. The molecule has 0 atom stereocenters. The number of nitrogens with zero attached hydrogens (tertiary/aromatic N) is 4. The predicted octanol–water partition coefficient (Wildman–Crippen LogP) is -1.82. The first kappa shape index (κ1) is 9.59. The second kappa shape index (κ2) is 4.51. The van der Waals surface area contributed by atoms with Gasteiger partial charge in [-0.2, -0.15) is 4.80 Å². The summed E-state index contributed by atoms with van der Waals surface area (Å²) in [5.74, 6) is 0.284. The van der Waals surface area contributed by atoms with E-state index in [0.29, 0.717) is 25.3 Å². The van der Waals surface area contributed by atoms with Gasteiger partial charge in [0.15, 0.2) is 5.82 Å². The van der Waals surface area contributed by atoms with Crippen molar-refractivity contribution in [1.29, 1.82) is 0 Å². The van der Waals surface area contributed by atoms with Crippen LogP contribution in [-0.2, 0) is 18.4 Å². The van der Waals surface area contributed by atoms with Crippen LogP contribution in [0.4, 0.5) is 0 Å². The van der Waals surface area contributed by atoms with Crippen molar-refractivity contribution in [3.8, 4) is 0 Å². The van der Waals surface area contributed by atoms with Gasteiger partial charge in [-0.15, -0.1) is 10.2 Å². The van der Waals surface area contributed by atoms with Gasteiger partial charge >= 0.3 is 0 Å². The van der Waals surface area contributed by atoms with Gasteiger partial charge in [0.05, 0.1) is 13.6 Å². The quantitative estimate of drug-likeness (QED) is 0.525.